The summed E-state index contributed by atoms with van der Waals surface area (Å²) in [5.41, 5.74) is -0.571. The molecule has 1 rings (SSSR count). The first kappa shape index (κ1) is 13.1. The summed E-state index contributed by atoms with van der Waals surface area (Å²) in [5.74, 6) is -0.111. The quantitative estimate of drug-likeness (QED) is 0.758. The monoisotopic (exact) mass is 232 g/mol. The Kier molecular flexibility index (Phi) is 3.65. The van der Waals surface area contributed by atoms with E-state index in [-0.39, 0.29) is 11.4 Å². The van der Waals surface area contributed by atoms with Gasteiger partial charge in [0.15, 0.2) is 0 Å². The van der Waals surface area contributed by atoms with Gasteiger partial charge in [-0.15, -0.1) is 0 Å². The molecule has 0 bridgehead atoms. The second-order valence-corrected chi connectivity index (χ2v) is 3.91. The fraction of sp³-hybridized carbons (Fsp3) is 0.400. The molecular formula is C10H12BF3O2. The maximum atomic E-state index is 12.5. The van der Waals surface area contributed by atoms with Crippen LogP contribution in [0.25, 0.3) is 0 Å². The molecule has 0 unspecified atom stereocenters. The van der Waals surface area contributed by atoms with Gasteiger partial charge in [0.25, 0.3) is 0 Å². The van der Waals surface area contributed by atoms with Crippen molar-refractivity contribution >= 4 is 12.6 Å². The molecule has 1 aromatic rings. The smallest absolute Gasteiger partial charge is 0.423 e. The lowest BCUT2D eigenvalue weighted by Gasteiger charge is -2.13. The van der Waals surface area contributed by atoms with Gasteiger partial charge in [-0.2, -0.15) is 13.2 Å². The van der Waals surface area contributed by atoms with Gasteiger partial charge in [-0.25, -0.2) is 0 Å². The Bertz CT molecular complexity index is 349. The van der Waals surface area contributed by atoms with Gasteiger partial charge in [-0.05, 0) is 23.0 Å². The van der Waals surface area contributed by atoms with Crippen LogP contribution in [0.1, 0.15) is 30.9 Å². The second-order valence-electron chi connectivity index (χ2n) is 3.91. The summed E-state index contributed by atoms with van der Waals surface area (Å²) in [6, 6.07) is 3.14. The van der Waals surface area contributed by atoms with E-state index in [0.717, 1.165) is 12.1 Å². The Morgan fingerprint density at radius 1 is 1.12 bits per heavy atom. The number of hydrogen-bond acceptors (Lipinski definition) is 2. The van der Waals surface area contributed by atoms with Crippen LogP contribution in [0.3, 0.4) is 0 Å². The van der Waals surface area contributed by atoms with Crippen molar-refractivity contribution in [2.45, 2.75) is 25.9 Å². The molecule has 0 aliphatic rings. The molecule has 0 saturated carbocycles. The zero-order chi connectivity index (χ0) is 12.5. The zero-order valence-electron chi connectivity index (χ0n) is 8.92. The number of halogens is 3. The van der Waals surface area contributed by atoms with E-state index < -0.39 is 18.9 Å². The third kappa shape index (κ3) is 2.99. The van der Waals surface area contributed by atoms with Crippen LogP contribution in [0.15, 0.2) is 18.2 Å². The Labute approximate surface area is 91.9 Å². The van der Waals surface area contributed by atoms with E-state index in [1.54, 1.807) is 13.8 Å². The van der Waals surface area contributed by atoms with E-state index in [4.69, 9.17) is 10.0 Å². The van der Waals surface area contributed by atoms with Crippen molar-refractivity contribution in [2.75, 3.05) is 0 Å². The number of hydrogen-bond donors (Lipinski definition) is 2. The Balaban J connectivity index is 3.30. The molecular weight excluding hydrogens is 220 g/mol. The molecule has 0 heterocycles. The van der Waals surface area contributed by atoms with Crippen molar-refractivity contribution < 1.29 is 23.2 Å². The fourth-order valence-corrected chi connectivity index (χ4v) is 1.32. The first-order valence-corrected chi connectivity index (χ1v) is 4.80. The standard InChI is InChI=1S/C10H12BF3O2/c1-6(2)7-3-8(10(12,13)14)5-9(4-7)11(15)16/h3-6,15-16H,1-2H3. The molecule has 0 aromatic heterocycles. The van der Waals surface area contributed by atoms with Crippen LogP contribution in [0.4, 0.5) is 13.2 Å². The highest BCUT2D eigenvalue weighted by atomic mass is 19.4. The molecule has 0 radical (unpaired) electrons. The Hall–Kier alpha value is -1.01. The largest absolute Gasteiger partial charge is 0.488 e. The van der Waals surface area contributed by atoms with Crippen LogP contribution in [-0.4, -0.2) is 17.2 Å². The summed E-state index contributed by atoms with van der Waals surface area (Å²) >= 11 is 0. The van der Waals surface area contributed by atoms with Crippen LogP contribution < -0.4 is 5.46 Å². The Morgan fingerprint density at radius 3 is 2.06 bits per heavy atom. The van der Waals surface area contributed by atoms with Gasteiger partial charge in [0.05, 0.1) is 5.56 Å². The van der Waals surface area contributed by atoms with Gasteiger partial charge in [0.2, 0.25) is 0 Å². The van der Waals surface area contributed by atoms with Crippen molar-refractivity contribution in [3.05, 3.63) is 29.3 Å². The van der Waals surface area contributed by atoms with E-state index in [9.17, 15) is 13.2 Å². The van der Waals surface area contributed by atoms with Crippen molar-refractivity contribution in [2.24, 2.45) is 0 Å². The minimum atomic E-state index is -4.48. The minimum absolute atomic E-state index is 0.111. The van der Waals surface area contributed by atoms with Gasteiger partial charge in [0.1, 0.15) is 0 Å². The third-order valence-corrected chi connectivity index (χ3v) is 2.27. The average molecular weight is 232 g/mol. The van der Waals surface area contributed by atoms with Gasteiger partial charge >= 0.3 is 13.3 Å². The zero-order valence-corrected chi connectivity index (χ0v) is 8.92. The van der Waals surface area contributed by atoms with E-state index in [2.05, 4.69) is 0 Å². The molecule has 0 amide bonds. The maximum Gasteiger partial charge on any atom is 0.488 e. The van der Waals surface area contributed by atoms with Crippen molar-refractivity contribution in [1.82, 2.24) is 0 Å². The molecule has 0 fully saturated rings. The van der Waals surface area contributed by atoms with Gasteiger partial charge < -0.3 is 10.0 Å². The molecule has 0 aliphatic heterocycles. The summed E-state index contributed by atoms with van der Waals surface area (Å²) in [4.78, 5) is 0. The highest BCUT2D eigenvalue weighted by Crippen LogP contribution is 2.30. The van der Waals surface area contributed by atoms with E-state index in [1.165, 1.54) is 6.07 Å². The van der Waals surface area contributed by atoms with Gasteiger partial charge in [-0.1, -0.05) is 26.0 Å². The number of rotatable bonds is 2. The van der Waals surface area contributed by atoms with Crippen molar-refractivity contribution in [3.63, 3.8) is 0 Å². The minimum Gasteiger partial charge on any atom is -0.423 e. The predicted molar refractivity (Wildman–Crippen MR) is 55.4 cm³/mol. The first-order valence-electron chi connectivity index (χ1n) is 4.80. The second kappa shape index (κ2) is 4.47. The summed E-state index contributed by atoms with van der Waals surface area (Å²) in [6.45, 7) is 3.48. The van der Waals surface area contributed by atoms with Crippen LogP contribution in [0.5, 0.6) is 0 Å². The summed E-state index contributed by atoms with van der Waals surface area (Å²) in [5, 5.41) is 17.8. The molecule has 0 spiro atoms. The van der Waals surface area contributed by atoms with Crippen molar-refractivity contribution in [3.8, 4) is 0 Å². The lowest BCUT2D eigenvalue weighted by atomic mass is 9.77. The van der Waals surface area contributed by atoms with Crippen LogP contribution in [-0.2, 0) is 6.18 Å². The molecule has 2 nitrogen and oxygen atoms in total. The molecule has 0 saturated heterocycles. The fourth-order valence-electron chi connectivity index (χ4n) is 1.32. The molecule has 0 aliphatic carbocycles. The predicted octanol–water partition coefficient (Wildman–Crippen LogP) is 1.51. The molecule has 2 N–H and O–H groups in total. The van der Waals surface area contributed by atoms with Gasteiger partial charge in [-0.3, -0.25) is 0 Å². The lowest BCUT2D eigenvalue weighted by molar-refractivity contribution is -0.137. The maximum absolute atomic E-state index is 12.5. The van der Waals surface area contributed by atoms with Crippen LogP contribution in [0.2, 0.25) is 0 Å². The van der Waals surface area contributed by atoms with Crippen molar-refractivity contribution in [1.29, 1.82) is 0 Å². The lowest BCUT2D eigenvalue weighted by Crippen LogP contribution is -2.31. The highest BCUT2D eigenvalue weighted by Gasteiger charge is 2.32. The van der Waals surface area contributed by atoms with E-state index in [0.29, 0.717) is 5.56 Å². The highest BCUT2D eigenvalue weighted by molar-refractivity contribution is 6.58. The summed E-state index contributed by atoms with van der Waals surface area (Å²) < 4.78 is 37.5. The SMILES string of the molecule is CC(C)c1cc(B(O)O)cc(C(F)(F)F)c1. The number of alkyl halides is 3. The molecule has 6 heteroatoms. The molecule has 0 atom stereocenters. The molecule has 16 heavy (non-hydrogen) atoms. The normalized spacial score (nSPS) is 12.0. The van der Waals surface area contributed by atoms with E-state index in [1.807, 2.05) is 0 Å². The first-order chi connectivity index (χ1) is 7.21. The molecule has 1 aromatic carbocycles. The van der Waals surface area contributed by atoms with Crippen LogP contribution in [0, 0.1) is 0 Å². The summed E-state index contributed by atoms with van der Waals surface area (Å²) in [6.07, 6.45) is -4.48. The van der Waals surface area contributed by atoms with Crippen LogP contribution >= 0.6 is 0 Å². The number of benzene rings is 1. The average Bonchev–Trinajstić information content (AvgIpc) is 2.15. The summed E-state index contributed by atoms with van der Waals surface area (Å²) in [7, 11) is -1.89. The molecule has 88 valence electrons. The van der Waals surface area contributed by atoms with Gasteiger partial charge in [0, 0.05) is 0 Å². The third-order valence-electron chi connectivity index (χ3n) is 2.27. The Morgan fingerprint density at radius 2 is 1.69 bits per heavy atom. The topological polar surface area (TPSA) is 40.5 Å². The van der Waals surface area contributed by atoms with E-state index >= 15 is 0 Å².